The SMILES string of the molecule is CC(NCC(C)(C)N1CCOCC1)c1cncc(F)c1. The van der Waals surface area contributed by atoms with E-state index in [1.807, 2.05) is 6.92 Å². The summed E-state index contributed by atoms with van der Waals surface area (Å²) in [7, 11) is 0. The Kier molecular flexibility index (Phi) is 5.07. The molecule has 20 heavy (non-hydrogen) atoms. The van der Waals surface area contributed by atoms with Crippen LogP contribution in [0.3, 0.4) is 0 Å². The molecule has 2 heterocycles. The molecule has 112 valence electrons. The van der Waals surface area contributed by atoms with Crippen molar-refractivity contribution in [1.82, 2.24) is 15.2 Å². The van der Waals surface area contributed by atoms with E-state index in [0.29, 0.717) is 0 Å². The molecular weight excluding hydrogens is 257 g/mol. The fourth-order valence-electron chi connectivity index (χ4n) is 2.47. The summed E-state index contributed by atoms with van der Waals surface area (Å²) < 4.78 is 18.6. The molecule has 0 aliphatic carbocycles. The lowest BCUT2D eigenvalue weighted by molar-refractivity contribution is -0.0102. The number of rotatable bonds is 5. The molecule has 1 aliphatic rings. The first-order valence-corrected chi connectivity index (χ1v) is 7.16. The van der Waals surface area contributed by atoms with E-state index in [1.165, 1.54) is 12.3 Å². The third kappa shape index (κ3) is 3.98. The number of nitrogens with one attached hydrogen (secondary N) is 1. The Hall–Kier alpha value is -1.04. The van der Waals surface area contributed by atoms with Crippen molar-refractivity contribution in [2.75, 3.05) is 32.8 Å². The smallest absolute Gasteiger partial charge is 0.141 e. The highest BCUT2D eigenvalue weighted by Crippen LogP contribution is 2.18. The molecule has 2 rings (SSSR count). The Balaban J connectivity index is 1.90. The Morgan fingerprint density at radius 1 is 1.40 bits per heavy atom. The van der Waals surface area contributed by atoms with Gasteiger partial charge >= 0.3 is 0 Å². The minimum Gasteiger partial charge on any atom is -0.379 e. The van der Waals surface area contributed by atoms with Crippen LogP contribution in [-0.4, -0.2) is 48.3 Å². The van der Waals surface area contributed by atoms with E-state index in [9.17, 15) is 4.39 Å². The Labute approximate surface area is 120 Å². The van der Waals surface area contributed by atoms with E-state index in [-0.39, 0.29) is 17.4 Å². The highest BCUT2D eigenvalue weighted by atomic mass is 19.1. The zero-order valence-electron chi connectivity index (χ0n) is 12.5. The minimum absolute atomic E-state index is 0.0544. The summed E-state index contributed by atoms with van der Waals surface area (Å²) in [6.45, 7) is 10.8. The Morgan fingerprint density at radius 3 is 2.75 bits per heavy atom. The van der Waals surface area contributed by atoms with Crippen molar-refractivity contribution < 1.29 is 9.13 Å². The third-order valence-corrected chi connectivity index (χ3v) is 3.93. The van der Waals surface area contributed by atoms with Gasteiger partial charge in [-0.25, -0.2) is 4.39 Å². The van der Waals surface area contributed by atoms with Gasteiger partial charge in [0.05, 0.1) is 19.4 Å². The molecule has 1 unspecified atom stereocenters. The molecule has 1 atom stereocenters. The average Bonchev–Trinajstić information content (AvgIpc) is 2.46. The van der Waals surface area contributed by atoms with Gasteiger partial charge in [0, 0.05) is 37.4 Å². The summed E-state index contributed by atoms with van der Waals surface area (Å²) in [5, 5.41) is 3.47. The zero-order chi connectivity index (χ0) is 14.6. The summed E-state index contributed by atoms with van der Waals surface area (Å²) in [6, 6.07) is 1.62. The first kappa shape index (κ1) is 15.4. The monoisotopic (exact) mass is 281 g/mol. The van der Waals surface area contributed by atoms with Crippen LogP contribution in [0.2, 0.25) is 0 Å². The maximum absolute atomic E-state index is 13.2. The zero-order valence-corrected chi connectivity index (χ0v) is 12.5. The molecule has 1 fully saturated rings. The van der Waals surface area contributed by atoms with Gasteiger partial charge in [-0.15, -0.1) is 0 Å². The molecule has 1 aliphatic heterocycles. The predicted molar refractivity (Wildman–Crippen MR) is 77.1 cm³/mol. The van der Waals surface area contributed by atoms with Crippen molar-refractivity contribution in [1.29, 1.82) is 0 Å². The van der Waals surface area contributed by atoms with Gasteiger partial charge in [-0.05, 0) is 32.4 Å². The molecule has 0 bridgehead atoms. The number of halogens is 1. The van der Waals surface area contributed by atoms with Crippen LogP contribution >= 0.6 is 0 Å². The molecule has 1 saturated heterocycles. The summed E-state index contributed by atoms with van der Waals surface area (Å²) in [5.41, 5.74) is 0.932. The summed E-state index contributed by atoms with van der Waals surface area (Å²) in [5.74, 6) is -0.288. The minimum atomic E-state index is -0.288. The second kappa shape index (κ2) is 6.61. The van der Waals surface area contributed by atoms with Gasteiger partial charge in [0.1, 0.15) is 5.82 Å². The van der Waals surface area contributed by atoms with Gasteiger partial charge in [0.2, 0.25) is 0 Å². The van der Waals surface area contributed by atoms with Crippen molar-refractivity contribution in [3.05, 3.63) is 29.8 Å². The largest absolute Gasteiger partial charge is 0.379 e. The van der Waals surface area contributed by atoms with Crippen molar-refractivity contribution in [2.45, 2.75) is 32.4 Å². The number of hydrogen-bond donors (Lipinski definition) is 1. The lowest BCUT2D eigenvalue weighted by Crippen LogP contribution is -2.54. The van der Waals surface area contributed by atoms with Crippen LogP contribution < -0.4 is 5.32 Å². The van der Waals surface area contributed by atoms with E-state index in [2.05, 4.69) is 29.0 Å². The molecule has 0 saturated carbocycles. The van der Waals surface area contributed by atoms with Crippen LogP contribution in [0.25, 0.3) is 0 Å². The van der Waals surface area contributed by atoms with E-state index < -0.39 is 0 Å². The van der Waals surface area contributed by atoms with Crippen LogP contribution in [0.1, 0.15) is 32.4 Å². The van der Waals surface area contributed by atoms with Crippen LogP contribution in [0.15, 0.2) is 18.5 Å². The van der Waals surface area contributed by atoms with Crippen LogP contribution in [0.4, 0.5) is 4.39 Å². The number of pyridine rings is 1. The van der Waals surface area contributed by atoms with E-state index in [0.717, 1.165) is 38.4 Å². The molecule has 5 heteroatoms. The molecule has 0 amide bonds. The molecule has 0 radical (unpaired) electrons. The highest BCUT2D eigenvalue weighted by molar-refractivity contribution is 5.14. The van der Waals surface area contributed by atoms with Crippen molar-refractivity contribution in [2.24, 2.45) is 0 Å². The van der Waals surface area contributed by atoms with Crippen LogP contribution in [0, 0.1) is 5.82 Å². The fourth-order valence-corrected chi connectivity index (χ4v) is 2.47. The normalized spacial score (nSPS) is 19.0. The standard InChI is InChI=1S/C15H24FN3O/c1-12(13-8-14(16)10-17-9-13)18-11-15(2,3)19-4-6-20-7-5-19/h8-10,12,18H,4-7,11H2,1-3H3. The number of ether oxygens (including phenoxy) is 1. The predicted octanol–water partition coefficient (Wildman–Crippen LogP) is 1.98. The highest BCUT2D eigenvalue weighted by Gasteiger charge is 2.28. The Morgan fingerprint density at radius 2 is 2.10 bits per heavy atom. The second-order valence-electron chi connectivity index (χ2n) is 5.95. The maximum Gasteiger partial charge on any atom is 0.141 e. The number of hydrogen-bond acceptors (Lipinski definition) is 4. The summed E-state index contributed by atoms with van der Waals surface area (Å²) in [6.07, 6.45) is 2.94. The van der Waals surface area contributed by atoms with Gasteiger partial charge in [-0.1, -0.05) is 0 Å². The van der Waals surface area contributed by atoms with E-state index in [4.69, 9.17) is 4.74 Å². The number of morpholine rings is 1. The van der Waals surface area contributed by atoms with Crippen molar-refractivity contribution >= 4 is 0 Å². The molecule has 1 N–H and O–H groups in total. The fraction of sp³-hybridized carbons (Fsp3) is 0.667. The summed E-state index contributed by atoms with van der Waals surface area (Å²) >= 11 is 0. The molecule has 1 aromatic heterocycles. The van der Waals surface area contributed by atoms with Gasteiger partial charge in [0.15, 0.2) is 0 Å². The van der Waals surface area contributed by atoms with Gasteiger partial charge < -0.3 is 10.1 Å². The summed E-state index contributed by atoms with van der Waals surface area (Å²) in [4.78, 5) is 6.33. The maximum atomic E-state index is 13.2. The van der Waals surface area contributed by atoms with Crippen LogP contribution in [0.5, 0.6) is 0 Å². The topological polar surface area (TPSA) is 37.4 Å². The molecule has 4 nitrogen and oxygen atoms in total. The molecule has 0 spiro atoms. The first-order chi connectivity index (χ1) is 9.49. The molecular formula is C15H24FN3O. The average molecular weight is 281 g/mol. The van der Waals surface area contributed by atoms with Gasteiger partial charge in [0.25, 0.3) is 0 Å². The van der Waals surface area contributed by atoms with Gasteiger partial charge in [-0.3, -0.25) is 9.88 Å². The van der Waals surface area contributed by atoms with Gasteiger partial charge in [-0.2, -0.15) is 0 Å². The molecule has 1 aromatic rings. The lowest BCUT2D eigenvalue weighted by Gasteiger charge is -2.41. The third-order valence-electron chi connectivity index (χ3n) is 3.93. The number of nitrogens with zero attached hydrogens (tertiary/aromatic N) is 2. The quantitative estimate of drug-likeness (QED) is 0.895. The van der Waals surface area contributed by atoms with Crippen molar-refractivity contribution in [3.63, 3.8) is 0 Å². The van der Waals surface area contributed by atoms with E-state index in [1.54, 1.807) is 6.20 Å². The lowest BCUT2D eigenvalue weighted by atomic mass is 10.0. The molecule has 0 aromatic carbocycles. The first-order valence-electron chi connectivity index (χ1n) is 7.16. The second-order valence-corrected chi connectivity index (χ2v) is 5.95. The van der Waals surface area contributed by atoms with Crippen LogP contribution in [-0.2, 0) is 4.74 Å². The number of aromatic nitrogens is 1. The van der Waals surface area contributed by atoms with E-state index >= 15 is 0 Å². The Bertz CT molecular complexity index is 433. The van der Waals surface area contributed by atoms with Crippen molar-refractivity contribution in [3.8, 4) is 0 Å².